The van der Waals surface area contributed by atoms with Gasteiger partial charge in [-0.2, -0.15) is 9.97 Å². The van der Waals surface area contributed by atoms with Gasteiger partial charge in [0.05, 0.1) is 24.5 Å². The van der Waals surface area contributed by atoms with Crippen molar-refractivity contribution in [2.24, 2.45) is 5.92 Å². The van der Waals surface area contributed by atoms with Gasteiger partial charge in [-0.3, -0.25) is 4.79 Å². The van der Waals surface area contributed by atoms with Crippen LogP contribution in [0.1, 0.15) is 54.2 Å². The molecule has 12 heteroatoms. The maximum atomic E-state index is 14.9. The van der Waals surface area contributed by atoms with Crippen molar-refractivity contribution >= 4 is 28.2 Å². The lowest BCUT2D eigenvalue weighted by Gasteiger charge is -2.26. The highest BCUT2D eigenvalue weighted by Gasteiger charge is 2.40. The Morgan fingerprint density at radius 2 is 2.05 bits per heavy atom. The van der Waals surface area contributed by atoms with Gasteiger partial charge in [0.15, 0.2) is 0 Å². The second-order valence-corrected chi connectivity index (χ2v) is 11.4. The fourth-order valence-corrected chi connectivity index (χ4v) is 6.35. The number of carbonyl (C=O) groups is 1. The minimum absolute atomic E-state index is 0.00456. The average molecular weight is 586 g/mol. The van der Waals surface area contributed by atoms with Crippen LogP contribution in [0.5, 0.6) is 11.8 Å². The highest BCUT2D eigenvalue weighted by Crippen LogP contribution is 2.41. The molecule has 0 radical (unpaired) electrons. The Morgan fingerprint density at radius 3 is 2.79 bits per heavy atom. The summed E-state index contributed by atoms with van der Waals surface area (Å²) >= 11 is 0. The van der Waals surface area contributed by atoms with Crippen molar-refractivity contribution in [2.45, 2.75) is 57.5 Å². The number of rotatable bonds is 7. The van der Waals surface area contributed by atoms with E-state index >= 15 is 0 Å². The molecule has 2 fully saturated rings. The number of aromatic nitrogens is 2. The SMILES string of the molecule is CCc1c(F)ccc2cc(O)cc(N3Cc4nc(OC[C@@H]5CC(F)(F)CN5)nc(N5CCCCC(CO)C5)c4C3=O)c12. The molecular formula is C30H34F3N5O4. The topological polar surface area (TPSA) is 111 Å². The van der Waals surface area contributed by atoms with Crippen LogP contribution in [0.15, 0.2) is 24.3 Å². The summed E-state index contributed by atoms with van der Waals surface area (Å²) in [4.78, 5) is 26.7. The van der Waals surface area contributed by atoms with E-state index in [1.54, 1.807) is 6.07 Å². The molecule has 224 valence electrons. The van der Waals surface area contributed by atoms with E-state index in [0.29, 0.717) is 53.0 Å². The van der Waals surface area contributed by atoms with Crippen molar-refractivity contribution in [3.05, 3.63) is 46.9 Å². The van der Waals surface area contributed by atoms with E-state index in [9.17, 15) is 28.2 Å². The average Bonchev–Trinajstić information content (AvgIpc) is 3.37. The van der Waals surface area contributed by atoms with E-state index in [1.165, 1.54) is 23.1 Å². The van der Waals surface area contributed by atoms with Crippen LogP contribution in [0.2, 0.25) is 0 Å². The monoisotopic (exact) mass is 585 g/mol. The Labute approximate surface area is 241 Å². The van der Waals surface area contributed by atoms with Crippen LogP contribution in [0.3, 0.4) is 0 Å². The number of phenols is 1. The third-order valence-corrected chi connectivity index (χ3v) is 8.42. The first-order valence-electron chi connectivity index (χ1n) is 14.4. The summed E-state index contributed by atoms with van der Waals surface area (Å²) < 4.78 is 48.2. The number of amides is 1. The van der Waals surface area contributed by atoms with Crippen LogP contribution in [0, 0.1) is 11.7 Å². The summed E-state index contributed by atoms with van der Waals surface area (Å²) in [6.07, 6.45) is 2.61. The number of aliphatic hydroxyl groups excluding tert-OH is 1. The molecular weight excluding hydrogens is 551 g/mol. The number of benzene rings is 2. The molecule has 0 bridgehead atoms. The van der Waals surface area contributed by atoms with Gasteiger partial charge in [-0.25, -0.2) is 13.2 Å². The normalized spacial score (nSPS) is 22.1. The number of carbonyl (C=O) groups excluding carboxylic acids is 1. The summed E-state index contributed by atoms with van der Waals surface area (Å²) in [5.41, 5.74) is 1.46. The molecule has 9 nitrogen and oxygen atoms in total. The van der Waals surface area contributed by atoms with E-state index in [-0.39, 0.29) is 49.4 Å². The molecule has 1 amide bonds. The number of alkyl halides is 2. The zero-order valence-electron chi connectivity index (χ0n) is 23.4. The summed E-state index contributed by atoms with van der Waals surface area (Å²) in [5.74, 6) is -3.32. The van der Waals surface area contributed by atoms with E-state index in [0.717, 1.165) is 19.3 Å². The van der Waals surface area contributed by atoms with E-state index < -0.39 is 30.2 Å². The summed E-state index contributed by atoms with van der Waals surface area (Å²) in [6.45, 7) is 2.43. The lowest BCUT2D eigenvalue weighted by molar-refractivity contribution is 0.0194. The second kappa shape index (κ2) is 11.2. The number of halogens is 3. The summed E-state index contributed by atoms with van der Waals surface area (Å²) in [5, 5.41) is 24.4. The quantitative estimate of drug-likeness (QED) is 0.379. The van der Waals surface area contributed by atoms with Crippen LogP contribution in [-0.2, 0) is 13.0 Å². The number of aryl methyl sites for hydroxylation is 1. The van der Waals surface area contributed by atoms with Gasteiger partial charge < -0.3 is 30.1 Å². The molecule has 1 unspecified atom stereocenters. The number of hydrogen-bond acceptors (Lipinski definition) is 8. The molecule has 2 aromatic carbocycles. The standard InChI is InChI=1S/C30H34F3N5O4/c1-2-21-22(31)7-6-18-9-20(40)10-24(25(18)21)38-13-23-26(28(38)41)27(37-8-4-3-5-17(12-37)14-39)36-29(35-23)42-15-19-11-30(32,33)16-34-19/h6-7,9-10,17,19,34,39-40H,2-5,8,11-16H2,1H3/t17?,19-/m0/s1. The number of fused-ring (bicyclic) bond motifs is 2. The first-order chi connectivity index (χ1) is 20.2. The third-order valence-electron chi connectivity index (χ3n) is 8.42. The summed E-state index contributed by atoms with van der Waals surface area (Å²) in [6, 6.07) is 5.32. The van der Waals surface area contributed by atoms with Crippen LogP contribution in [0.4, 0.5) is 24.7 Å². The fourth-order valence-electron chi connectivity index (χ4n) is 6.35. The minimum Gasteiger partial charge on any atom is -0.508 e. The number of anilines is 2. The molecule has 42 heavy (non-hydrogen) atoms. The molecule has 1 aromatic heterocycles. The lowest BCUT2D eigenvalue weighted by Crippen LogP contribution is -2.33. The van der Waals surface area contributed by atoms with Crippen LogP contribution in [0.25, 0.3) is 10.8 Å². The predicted molar refractivity (Wildman–Crippen MR) is 151 cm³/mol. The van der Waals surface area contributed by atoms with Gasteiger partial charge in [-0.1, -0.05) is 19.4 Å². The van der Waals surface area contributed by atoms with Crippen LogP contribution >= 0.6 is 0 Å². The molecule has 2 atom stereocenters. The lowest BCUT2D eigenvalue weighted by atomic mass is 9.99. The zero-order chi connectivity index (χ0) is 29.6. The number of nitrogens with one attached hydrogen (secondary N) is 1. The van der Waals surface area contributed by atoms with Crippen molar-refractivity contribution < 1.29 is 32.9 Å². The molecule has 6 rings (SSSR count). The molecule has 3 aliphatic rings. The molecule has 0 saturated carbocycles. The first-order valence-corrected chi connectivity index (χ1v) is 14.4. The highest BCUT2D eigenvalue weighted by molar-refractivity contribution is 6.16. The van der Waals surface area contributed by atoms with Gasteiger partial charge in [-0.15, -0.1) is 0 Å². The Balaban J connectivity index is 1.41. The van der Waals surface area contributed by atoms with E-state index in [1.807, 2.05) is 11.8 Å². The van der Waals surface area contributed by atoms with E-state index in [4.69, 9.17) is 4.74 Å². The van der Waals surface area contributed by atoms with E-state index in [2.05, 4.69) is 15.3 Å². The van der Waals surface area contributed by atoms with Crippen molar-refractivity contribution in [1.29, 1.82) is 0 Å². The molecule has 2 saturated heterocycles. The Kier molecular flexibility index (Phi) is 7.61. The first kappa shape index (κ1) is 28.5. The number of phenolic OH excluding ortho intramolecular Hbond substituents is 1. The van der Waals surface area contributed by atoms with Crippen molar-refractivity contribution in [1.82, 2.24) is 15.3 Å². The maximum absolute atomic E-state index is 14.9. The highest BCUT2D eigenvalue weighted by atomic mass is 19.3. The van der Waals surface area contributed by atoms with Gasteiger partial charge in [0.1, 0.15) is 29.6 Å². The van der Waals surface area contributed by atoms with Gasteiger partial charge >= 0.3 is 6.01 Å². The molecule has 0 spiro atoms. The third kappa shape index (κ3) is 5.33. The van der Waals surface area contributed by atoms with Gasteiger partial charge in [0.2, 0.25) is 0 Å². The fraction of sp³-hybridized carbons (Fsp3) is 0.500. The van der Waals surface area contributed by atoms with Crippen LogP contribution in [-0.4, -0.2) is 70.9 Å². The minimum atomic E-state index is -2.81. The van der Waals surface area contributed by atoms with Gasteiger partial charge in [0, 0.05) is 43.6 Å². The predicted octanol–water partition coefficient (Wildman–Crippen LogP) is 4.17. The van der Waals surface area contributed by atoms with Crippen molar-refractivity contribution in [2.75, 3.05) is 42.6 Å². The number of aromatic hydroxyl groups is 1. The van der Waals surface area contributed by atoms with Crippen molar-refractivity contribution in [3.8, 4) is 11.8 Å². The molecule has 3 N–H and O–H groups in total. The smallest absolute Gasteiger partial charge is 0.318 e. The number of ether oxygens (including phenoxy) is 1. The largest absolute Gasteiger partial charge is 0.508 e. The van der Waals surface area contributed by atoms with Crippen LogP contribution < -0.4 is 19.9 Å². The number of aliphatic hydroxyl groups is 1. The maximum Gasteiger partial charge on any atom is 0.318 e. The molecule has 0 aliphatic carbocycles. The molecule has 3 aliphatic heterocycles. The molecule has 4 heterocycles. The van der Waals surface area contributed by atoms with Crippen molar-refractivity contribution in [3.63, 3.8) is 0 Å². The summed E-state index contributed by atoms with van der Waals surface area (Å²) in [7, 11) is 0. The Morgan fingerprint density at radius 1 is 1.21 bits per heavy atom. The zero-order valence-corrected chi connectivity index (χ0v) is 23.4. The number of nitrogens with zero attached hydrogens (tertiary/aromatic N) is 4. The number of hydrogen-bond donors (Lipinski definition) is 3. The molecule has 3 aromatic rings. The Hall–Kier alpha value is -3.64. The van der Waals surface area contributed by atoms with Gasteiger partial charge in [-0.05, 0) is 48.3 Å². The van der Waals surface area contributed by atoms with Gasteiger partial charge in [0.25, 0.3) is 11.8 Å². The second-order valence-electron chi connectivity index (χ2n) is 11.4. The Bertz CT molecular complexity index is 1520.